The van der Waals surface area contributed by atoms with E-state index in [1.54, 1.807) is 0 Å². The number of benzene rings is 3. The van der Waals surface area contributed by atoms with Crippen molar-refractivity contribution in [3.8, 4) is 28.5 Å². The van der Waals surface area contributed by atoms with Gasteiger partial charge in [-0.25, -0.2) is 4.98 Å². The fraction of sp³-hybridized carbons (Fsp3) is 0.107. The number of nitriles is 1. The normalized spacial score (nSPS) is 11.1. The molecule has 1 aromatic heterocycles. The molecule has 0 saturated heterocycles. The van der Waals surface area contributed by atoms with E-state index in [1.165, 1.54) is 0 Å². The van der Waals surface area contributed by atoms with Crippen LogP contribution in [0.1, 0.15) is 16.7 Å². The first-order valence-electron chi connectivity index (χ1n) is 11.0. The predicted octanol–water partition coefficient (Wildman–Crippen LogP) is 8.00. The molecule has 186 valence electrons. The van der Waals surface area contributed by atoms with Crippen LogP contribution in [0.4, 0.5) is 18.9 Å². The highest BCUT2D eigenvalue weighted by atomic mass is 35.5. The van der Waals surface area contributed by atoms with Crippen LogP contribution in [0.5, 0.6) is 0 Å². The average molecular weight is 538 g/mol. The summed E-state index contributed by atoms with van der Waals surface area (Å²) in [6.45, 7) is 1.97. The molecule has 0 unspecified atom stereocenters. The summed E-state index contributed by atoms with van der Waals surface area (Å²) in [7, 11) is 0. The Kier molecular flexibility index (Phi) is 7.86. The molecule has 0 aliphatic rings. The average Bonchev–Trinajstić information content (AvgIpc) is 2.88. The van der Waals surface area contributed by atoms with Gasteiger partial charge in [-0.2, -0.15) is 18.4 Å². The zero-order valence-corrected chi connectivity index (χ0v) is 21.0. The second-order valence-corrected chi connectivity index (χ2v) is 9.48. The Bertz CT molecular complexity index is 1480. The van der Waals surface area contributed by atoms with Crippen LogP contribution in [-0.2, 0) is 11.0 Å². The summed E-state index contributed by atoms with van der Waals surface area (Å²) in [5.74, 6) is -0.779. The molecular weight excluding hydrogens is 519 g/mol. The van der Waals surface area contributed by atoms with Crippen molar-refractivity contribution in [1.29, 1.82) is 5.26 Å². The molecule has 4 nitrogen and oxygen atoms in total. The second kappa shape index (κ2) is 11.1. The third-order valence-electron chi connectivity index (χ3n) is 5.44. The number of carbonyl (C=O) groups excluding carboxylic acids is 1. The third-order valence-corrected chi connectivity index (χ3v) is 6.74. The molecule has 0 spiro atoms. The summed E-state index contributed by atoms with van der Waals surface area (Å²) in [6, 6.07) is 23.9. The number of aromatic nitrogens is 1. The highest BCUT2D eigenvalue weighted by Crippen LogP contribution is 2.36. The van der Waals surface area contributed by atoms with E-state index >= 15 is 0 Å². The van der Waals surface area contributed by atoms with Gasteiger partial charge in [-0.3, -0.25) is 4.79 Å². The van der Waals surface area contributed by atoms with Crippen LogP contribution in [0.25, 0.3) is 22.4 Å². The van der Waals surface area contributed by atoms with E-state index in [4.69, 9.17) is 11.6 Å². The largest absolute Gasteiger partial charge is 0.416 e. The summed E-state index contributed by atoms with van der Waals surface area (Å²) in [6.07, 6.45) is -4.57. The van der Waals surface area contributed by atoms with Gasteiger partial charge in [-0.1, -0.05) is 83.5 Å². The van der Waals surface area contributed by atoms with Crippen LogP contribution >= 0.6 is 23.4 Å². The van der Waals surface area contributed by atoms with Crippen LogP contribution in [0.2, 0.25) is 5.02 Å². The van der Waals surface area contributed by atoms with Gasteiger partial charge in [0.25, 0.3) is 0 Å². The molecular formula is C28H19ClF3N3OS. The van der Waals surface area contributed by atoms with Gasteiger partial charge < -0.3 is 5.32 Å². The topological polar surface area (TPSA) is 65.8 Å². The monoisotopic (exact) mass is 537 g/mol. The van der Waals surface area contributed by atoms with E-state index in [0.29, 0.717) is 21.8 Å². The molecule has 0 fully saturated rings. The lowest BCUT2D eigenvalue weighted by molar-refractivity contribution is -0.137. The third kappa shape index (κ3) is 6.31. The standard InChI is InChI=1S/C28H19ClF3N3OS/c1-17-7-9-19(10-8-17)24-14-21(18-5-3-2-4-6-18)22(15-33)27(35-24)37-16-26(36)34-25-13-20(28(30,31)32)11-12-23(25)29/h2-14H,16H2,1H3,(H,34,36). The number of carbonyl (C=O) groups is 1. The fourth-order valence-corrected chi connectivity index (χ4v) is 4.54. The summed E-state index contributed by atoms with van der Waals surface area (Å²) >= 11 is 7.02. The van der Waals surface area contributed by atoms with Crippen molar-refractivity contribution in [3.63, 3.8) is 0 Å². The van der Waals surface area contributed by atoms with Crippen LogP contribution in [-0.4, -0.2) is 16.6 Å². The van der Waals surface area contributed by atoms with Gasteiger partial charge in [0.2, 0.25) is 5.91 Å². The number of alkyl halides is 3. The molecule has 1 heterocycles. The minimum absolute atomic E-state index is 0.0186. The smallest absolute Gasteiger partial charge is 0.324 e. The molecule has 0 atom stereocenters. The number of rotatable bonds is 6. The highest BCUT2D eigenvalue weighted by Gasteiger charge is 2.31. The van der Waals surface area contributed by atoms with E-state index in [1.807, 2.05) is 67.6 Å². The van der Waals surface area contributed by atoms with Crippen LogP contribution < -0.4 is 5.32 Å². The lowest BCUT2D eigenvalue weighted by atomic mass is 9.99. The van der Waals surface area contributed by atoms with Gasteiger partial charge in [0.1, 0.15) is 11.1 Å². The Morgan fingerprint density at radius 3 is 2.38 bits per heavy atom. The van der Waals surface area contributed by atoms with E-state index < -0.39 is 17.6 Å². The van der Waals surface area contributed by atoms with Gasteiger partial charge >= 0.3 is 6.18 Å². The van der Waals surface area contributed by atoms with E-state index in [0.717, 1.165) is 46.7 Å². The molecule has 1 N–H and O–H groups in total. The van der Waals surface area contributed by atoms with Crippen molar-refractivity contribution in [2.24, 2.45) is 0 Å². The van der Waals surface area contributed by atoms with Crippen LogP contribution in [0.3, 0.4) is 0 Å². The molecule has 3 aromatic carbocycles. The summed E-state index contributed by atoms with van der Waals surface area (Å²) < 4.78 is 39.2. The Morgan fingerprint density at radius 1 is 1.03 bits per heavy atom. The van der Waals surface area contributed by atoms with Gasteiger partial charge in [0, 0.05) is 11.1 Å². The number of nitrogens with one attached hydrogen (secondary N) is 1. The van der Waals surface area contributed by atoms with Gasteiger partial charge in [-0.15, -0.1) is 0 Å². The number of thioether (sulfide) groups is 1. The number of anilines is 1. The number of aryl methyl sites for hydroxylation is 1. The lowest BCUT2D eigenvalue weighted by Gasteiger charge is -2.14. The maximum atomic E-state index is 13.1. The zero-order chi connectivity index (χ0) is 26.6. The van der Waals surface area contributed by atoms with Crippen molar-refractivity contribution < 1.29 is 18.0 Å². The molecule has 37 heavy (non-hydrogen) atoms. The zero-order valence-electron chi connectivity index (χ0n) is 19.4. The number of halogens is 4. The summed E-state index contributed by atoms with van der Waals surface area (Å²) in [5.41, 5.74) is 3.27. The van der Waals surface area contributed by atoms with Crippen molar-refractivity contribution in [3.05, 3.63) is 101 Å². The Labute approximate surface area is 221 Å². The minimum Gasteiger partial charge on any atom is -0.324 e. The van der Waals surface area contributed by atoms with Crippen molar-refractivity contribution in [2.75, 3.05) is 11.1 Å². The first kappa shape index (κ1) is 26.3. The molecule has 0 saturated carbocycles. The predicted molar refractivity (Wildman–Crippen MR) is 140 cm³/mol. The number of hydrogen-bond donors (Lipinski definition) is 1. The quantitative estimate of drug-likeness (QED) is 0.253. The Balaban J connectivity index is 1.65. The number of hydrogen-bond acceptors (Lipinski definition) is 4. The van der Waals surface area contributed by atoms with Gasteiger partial charge in [0.15, 0.2) is 0 Å². The molecule has 4 rings (SSSR count). The van der Waals surface area contributed by atoms with Crippen molar-refractivity contribution >= 4 is 35.0 Å². The molecule has 4 aromatic rings. The minimum atomic E-state index is -4.57. The lowest BCUT2D eigenvalue weighted by Crippen LogP contribution is -2.15. The SMILES string of the molecule is Cc1ccc(-c2cc(-c3ccccc3)c(C#N)c(SCC(=O)Nc3cc(C(F)(F)F)ccc3Cl)n2)cc1. The Morgan fingerprint density at radius 2 is 1.73 bits per heavy atom. The molecule has 0 bridgehead atoms. The van der Waals surface area contributed by atoms with E-state index in [-0.39, 0.29) is 16.5 Å². The number of pyridine rings is 1. The molecule has 1 amide bonds. The van der Waals surface area contributed by atoms with Gasteiger partial charge in [0.05, 0.1) is 33.3 Å². The summed E-state index contributed by atoms with van der Waals surface area (Å²) in [5, 5.41) is 12.7. The number of nitrogens with zero attached hydrogens (tertiary/aromatic N) is 2. The maximum absolute atomic E-state index is 13.1. The molecule has 9 heteroatoms. The highest BCUT2D eigenvalue weighted by molar-refractivity contribution is 8.00. The van der Waals surface area contributed by atoms with Gasteiger partial charge in [-0.05, 0) is 36.8 Å². The first-order chi connectivity index (χ1) is 17.7. The van der Waals surface area contributed by atoms with Crippen LogP contribution in [0, 0.1) is 18.3 Å². The maximum Gasteiger partial charge on any atom is 0.416 e. The van der Waals surface area contributed by atoms with Crippen LogP contribution in [0.15, 0.2) is 83.9 Å². The summed E-state index contributed by atoms with van der Waals surface area (Å²) in [4.78, 5) is 17.3. The fourth-order valence-electron chi connectivity index (χ4n) is 3.57. The molecule has 0 aliphatic heterocycles. The molecule has 0 aliphatic carbocycles. The molecule has 0 radical (unpaired) electrons. The first-order valence-corrected chi connectivity index (χ1v) is 12.4. The Hall–Kier alpha value is -3.80. The van der Waals surface area contributed by atoms with E-state index in [9.17, 15) is 23.2 Å². The van der Waals surface area contributed by atoms with Crippen molar-refractivity contribution in [2.45, 2.75) is 18.1 Å². The van der Waals surface area contributed by atoms with E-state index in [2.05, 4.69) is 16.4 Å². The second-order valence-electron chi connectivity index (χ2n) is 8.11. The van der Waals surface area contributed by atoms with Crippen molar-refractivity contribution in [1.82, 2.24) is 4.98 Å². The number of amides is 1.